The zero-order valence-electron chi connectivity index (χ0n) is 34.2. The first-order valence-corrected chi connectivity index (χ1v) is 20.9. The van der Waals surface area contributed by atoms with Crippen molar-refractivity contribution in [3.63, 3.8) is 0 Å². The van der Waals surface area contributed by atoms with Crippen LogP contribution in [0.3, 0.4) is 0 Å². The van der Waals surface area contributed by atoms with Gasteiger partial charge in [0.15, 0.2) is 0 Å². The van der Waals surface area contributed by atoms with E-state index in [4.69, 9.17) is 27.9 Å². The van der Waals surface area contributed by atoms with Gasteiger partial charge >= 0.3 is 6.18 Å². The standard InChI is InChI=1S/C31H35Cl2N3O2.C17H18F3NO/c1-23(37)34-31(27-11-7-4-8-12-27)16-19-36(20-17-31)18-15-26(25-13-14-28(32)29(33)21-25)22-35(2)30(38)24-9-5-3-6-10-24;1-21-12-11-16(13-5-3-2-4-6-13)22-15-9-7-14(8-10-15)17(18,19)20/h3-14,21,26H,15-20,22H2,1-2H3,(H,34,37);2-10,16,21H,11-12H2,1H3/t26-;/m1./s1. The Hall–Kier alpha value is -4.87. The number of amides is 2. The highest BCUT2D eigenvalue weighted by atomic mass is 35.5. The van der Waals surface area contributed by atoms with Crippen LogP contribution in [0.15, 0.2) is 133 Å². The molecule has 0 aliphatic carbocycles. The number of piperidine rings is 1. The number of likely N-dealkylation sites (tertiary alicyclic amines) is 1. The van der Waals surface area contributed by atoms with Crippen molar-refractivity contribution >= 4 is 35.0 Å². The fourth-order valence-corrected chi connectivity index (χ4v) is 7.85. The molecule has 2 amide bonds. The minimum Gasteiger partial charge on any atom is -0.486 e. The first-order valence-electron chi connectivity index (χ1n) is 20.1. The van der Waals surface area contributed by atoms with Gasteiger partial charge in [-0.2, -0.15) is 13.2 Å². The molecule has 12 heteroatoms. The molecular formula is C48H53Cl2F3N4O3. The Morgan fingerprint density at radius 3 is 1.97 bits per heavy atom. The SMILES string of the molecule is CC(=O)NC1(c2ccccc2)CCN(CC[C@H](CN(C)C(=O)c2ccccc2)c2ccc(Cl)c(Cl)c2)CC1.CNCCC(Oc1ccc(C(F)(F)F)cc1)c1ccccc1. The number of alkyl halides is 3. The topological polar surface area (TPSA) is 73.9 Å². The second-order valence-electron chi connectivity index (χ2n) is 15.1. The number of hydrogen-bond donors (Lipinski definition) is 2. The van der Waals surface area contributed by atoms with Crippen LogP contribution in [0.1, 0.15) is 77.2 Å². The maximum atomic E-state index is 13.1. The summed E-state index contributed by atoms with van der Waals surface area (Å²) in [4.78, 5) is 29.4. The van der Waals surface area contributed by atoms with Crippen LogP contribution in [0.2, 0.25) is 10.0 Å². The second kappa shape index (κ2) is 22.1. The quantitative estimate of drug-likeness (QED) is 0.110. The van der Waals surface area contributed by atoms with E-state index in [9.17, 15) is 22.8 Å². The Morgan fingerprint density at radius 2 is 1.40 bits per heavy atom. The number of nitrogens with zero attached hydrogens (tertiary/aromatic N) is 2. The molecular weight excluding hydrogens is 808 g/mol. The number of ether oxygens (including phenoxy) is 1. The molecule has 1 heterocycles. The number of halogens is 5. The zero-order valence-corrected chi connectivity index (χ0v) is 35.7. The molecule has 1 unspecified atom stereocenters. The first-order chi connectivity index (χ1) is 28.8. The summed E-state index contributed by atoms with van der Waals surface area (Å²) in [6.07, 6.45) is -1.25. The minimum absolute atomic E-state index is 0.00316. The van der Waals surface area contributed by atoms with Crippen LogP contribution in [-0.4, -0.2) is 68.4 Å². The van der Waals surface area contributed by atoms with Crippen molar-refractivity contribution in [2.75, 3.05) is 46.8 Å². The van der Waals surface area contributed by atoms with E-state index in [0.717, 1.165) is 80.7 Å². The summed E-state index contributed by atoms with van der Waals surface area (Å²) in [5.41, 5.74) is 2.89. The third-order valence-electron chi connectivity index (χ3n) is 10.8. The Bertz CT molecular complexity index is 2080. The molecule has 0 spiro atoms. The van der Waals surface area contributed by atoms with Crippen molar-refractivity contribution in [1.29, 1.82) is 0 Å². The lowest BCUT2D eigenvalue weighted by molar-refractivity contribution is -0.137. The fraction of sp³-hybridized carbons (Fsp3) is 0.333. The molecule has 1 fully saturated rings. The monoisotopic (exact) mass is 860 g/mol. The van der Waals surface area contributed by atoms with Gasteiger partial charge < -0.3 is 25.2 Å². The smallest absolute Gasteiger partial charge is 0.416 e. The fourth-order valence-electron chi connectivity index (χ4n) is 7.54. The molecule has 1 saturated heterocycles. The van der Waals surface area contributed by atoms with Gasteiger partial charge in [-0.15, -0.1) is 0 Å². The maximum absolute atomic E-state index is 13.1. The van der Waals surface area contributed by atoms with E-state index in [1.165, 1.54) is 12.1 Å². The van der Waals surface area contributed by atoms with Gasteiger partial charge in [0.2, 0.25) is 5.91 Å². The van der Waals surface area contributed by atoms with Crippen molar-refractivity contribution in [1.82, 2.24) is 20.4 Å². The van der Waals surface area contributed by atoms with Gasteiger partial charge in [-0.05, 0) is 105 Å². The van der Waals surface area contributed by atoms with Gasteiger partial charge in [0, 0.05) is 51.5 Å². The summed E-state index contributed by atoms with van der Waals surface area (Å²) in [5.74, 6) is 0.515. The number of carbonyl (C=O) groups excluding carboxylic acids is 2. The summed E-state index contributed by atoms with van der Waals surface area (Å²) in [5, 5.41) is 7.35. The molecule has 1 aliphatic rings. The molecule has 5 aromatic carbocycles. The summed E-state index contributed by atoms with van der Waals surface area (Å²) < 4.78 is 43.6. The van der Waals surface area contributed by atoms with Gasteiger partial charge in [-0.25, -0.2) is 0 Å². The highest BCUT2D eigenvalue weighted by molar-refractivity contribution is 6.42. The lowest BCUT2D eigenvalue weighted by Crippen LogP contribution is -2.52. The Morgan fingerprint density at radius 1 is 0.800 bits per heavy atom. The van der Waals surface area contributed by atoms with Gasteiger partial charge in [-0.3, -0.25) is 9.59 Å². The first kappa shape index (κ1) is 46.2. The minimum atomic E-state index is -4.33. The molecule has 2 N–H and O–H groups in total. The van der Waals surface area contributed by atoms with E-state index >= 15 is 0 Å². The summed E-state index contributed by atoms with van der Waals surface area (Å²) >= 11 is 12.6. The Balaban J connectivity index is 0.000000263. The van der Waals surface area contributed by atoms with Gasteiger partial charge in [0.25, 0.3) is 5.91 Å². The molecule has 0 aromatic heterocycles. The van der Waals surface area contributed by atoms with Crippen molar-refractivity contribution < 1.29 is 27.5 Å². The number of carbonyl (C=O) groups is 2. The van der Waals surface area contributed by atoms with Crippen LogP contribution in [0.5, 0.6) is 5.75 Å². The van der Waals surface area contributed by atoms with Crippen LogP contribution >= 0.6 is 23.2 Å². The van der Waals surface area contributed by atoms with Crippen LogP contribution in [0.4, 0.5) is 13.2 Å². The van der Waals surface area contributed by atoms with E-state index in [-0.39, 0.29) is 29.4 Å². The molecule has 0 saturated carbocycles. The van der Waals surface area contributed by atoms with E-state index in [1.807, 2.05) is 111 Å². The second-order valence-corrected chi connectivity index (χ2v) is 15.9. The lowest BCUT2D eigenvalue weighted by atomic mass is 9.80. The van der Waals surface area contributed by atoms with Crippen molar-refractivity contribution in [3.05, 3.63) is 171 Å². The number of nitrogens with one attached hydrogen (secondary N) is 2. The molecule has 0 radical (unpaired) electrons. The summed E-state index contributed by atoms with van der Waals surface area (Å²) in [7, 11) is 3.70. The van der Waals surface area contributed by atoms with E-state index in [1.54, 1.807) is 11.8 Å². The lowest BCUT2D eigenvalue weighted by Gasteiger charge is -2.43. The zero-order chi connectivity index (χ0) is 43.1. The number of hydrogen-bond acceptors (Lipinski definition) is 5. The molecule has 2 atom stereocenters. The van der Waals surface area contributed by atoms with Gasteiger partial charge in [0.05, 0.1) is 21.1 Å². The Kier molecular flexibility index (Phi) is 17.0. The van der Waals surface area contributed by atoms with Crippen LogP contribution in [0, 0.1) is 0 Å². The average molecular weight is 862 g/mol. The predicted octanol–water partition coefficient (Wildman–Crippen LogP) is 10.8. The van der Waals surface area contributed by atoms with E-state index in [2.05, 4.69) is 27.7 Å². The summed E-state index contributed by atoms with van der Waals surface area (Å²) in [6.45, 7) is 5.54. The van der Waals surface area contributed by atoms with Gasteiger partial charge in [-0.1, -0.05) is 108 Å². The molecule has 1 aliphatic heterocycles. The average Bonchev–Trinajstić information content (AvgIpc) is 3.25. The van der Waals surface area contributed by atoms with Crippen LogP contribution < -0.4 is 15.4 Å². The molecule has 5 aromatic rings. The van der Waals surface area contributed by atoms with Crippen molar-refractivity contribution in [2.24, 2.45) is 0 Å². The van der Waals surface area contributed by atoms with Crippen molar-refractivity contribution in [3.8, 4) is 5.75 Å². The third kappa shape index (κ3) is 13.3. The van der Waals surface area contributed by atoms with Crippen molar-refractivity contribution in [2.45, 2.75) is 56.3 Å². The number of likely N-dealkylation sites (N-methyl/N-ethyl adjacent to an activating group) is 1. The predicted molar refractivity (Wildman–Crippen MR) is 235 cm³/mol. The largest absolute Gasteiger partial charge is 0.486 e. The van der Waals surface area contributed by atoms with Gasteiger partial charge in [0.1, 0.15) is 11.9 Å². The number of benzene rings is 5. The molecule has 7 nitrogen and oxygen atoms in total. The molecule has 6 rings (SSSR count). The maximum Gasteiger partial charge on any atom is 0.416 e. The summed E-state index contributed by atoms with van der Waals surface area (Å²) in [6, 6.07) is 39.8. The molecule has 60 heavy (non-hydrogen) atoms. The third-order valence-corrected chi connectivity index (χ3v) is 11.5. The molecule has 0 bridgehead atoms. The van der Waals surface area contributed by atoms with E-state index in [0.29, 0.717) is 27.9 Å². The Labute approximate surface area is 361 Å². The number of rotatable bonds is 15. The normalized spacial score (nSPS) is 14.9. The molecule has 318 valence electrons. The van der Waals surface area contributed by atoms with E-state index < -0.39 is 11.7 Å². The van der Waals surface area contributed by atoms with Crippen LogP contribution in [0.25, 0.3) is 0 Å². The highest BCUT2D eigenvalue weighted by Crippen LogP contribution is 2.35. The highest BCUT2D eigenvalue weighted by Gasteiger charge is 2.37. The van der Waals surface area contributed by atoms with Crippen LogP contribution in [-0.2, 0) is 16.5 Å².